The number of nitro benzene ring substituents is 1. The average Bonchev–Trinajstić information content (AvgIpc) is 2.44. The highest BCUT2D eigenvalue weighted by Gasteiger charge is 2.20. The lowest BCUT2D eigenvalue weighted by molar-refractivity contribution is -0.384. The summed E-state index contributed by atoms with van der Waals surface area (Å²) in [5.41, 5.74) is -0.232. The first-order valence-corrected chi connectivity index (χ1v) is 8.52. The molecule has 1 atom stereocenters. The van der Waals surface area contributed by atoms with Gasteiger partial charge in [-0.1, -0.05) is 25.4 Å². The summed E-state index contributed by atoms with van der Waals surface area (Å²) in [5, 5.41) is 17.3. The van der Waals surface area contributed by atoms with Crippen molar-refractivity contribution in [1.82, 2.24) is 5.32 Å². The Balaban J connectivity index is 2.69. The molecule has 0 aliphatic carbocycles. The van der Waals surface area contributed by atoms with Crippen molar-refractivity contribution in [3.05, 3.63) is 33.3 Å². The van der Waals surface area contributed by atoms with Crippen molar-refractivity contribution in [3.8, 4) is 0 Å². The number of ether oxygens (including phenoxy) is 1. The van der Waals surface area contributed by atoms with Crippen molar-refractivity contribution in [2.75, 3.05) is 18.4 Å². The smallest absolute Gasteiger partial charge is 0.407 e. The number of nitro groups is 1. The number of nitrogens with zero attached hydrogens (tertiary/aromatic N) is 1. The topological polar surface area (TPSA) is 93.5 Å². The molecule has 0 aromatic heterocycles. The van der Waals surface area contributed by atoms with Gasteiger partial charge in [-0.2, -0.15) is 0 Å². The van der Waals surface area contributed by atoms with Crippen LogP contribution in [-0.4, -0.2) is 29.7 Å². The minimum atomic E-state index is -0.558. The summed E-state index contributed by atoms with van der Waals surface area (Å²) in [6.07, 6.45) is -0.480. The highest BCUT2D eigenvalue weighted by atomic mass is 35.5. The van der Waals surface area contributed by atoms with Gasteiger partial charge in [-0.05, 0) is 44.7 Å². The van der Waals surface area contributed by atoms with Gasteiger partial charge in [-0.25, -0.2) is 4.79 Å². The Labute approximate surface area is 153 Å². The predicted octanol–water partition coefficient (Wildman–Crippen LogP) is 4.46. The molecule has 0 heterocycles. The molecular formula is C17H26ClN3O4. The molecule has 0 saturated heterocycles. The van der Waals surface area contributed by atoms with Crippen LogP contribution < -0.4 is 10.6 Å². The fraction of sp³-hybridized carbons (Fsp3) is 0.588. The summed E-state index contributed by atoms with van der Waals surface area (Å²) in [5.74, 6) is 0.312. The van der Waals surface area contributed by atoms with Crippen molar-refractivity contribution in [2.24, 2.45) is 11.8 Å². The number of benzene rings is 1. The maximum Gasteiger partial charge on any atom is 0.407 e. The number of alkyl carbamates (subject to hydrolysis) is 1. The van der Waals surface area contributed by atoms with Crippen LogP contribution in [0.4, 0.5) is 16.2 Å². The first-order valence-electron chi connectivity index (χ1n) is 8.14. The molecule has 1 unspecified atom stereocenters. The third kappa shape index (κ3) is 7.60. The molecule has 0 aliphatic rings. The van der Waals surface area contributed by atoms with Crippen molar-refractivity contribution in [1.29, 1.82) is 0 Å². The molecule has 0 spiro atoms. The van der Waals surface area contributed by atoms with Crippen LogP contribution in [0.15, 0.2) is 18.2 Å². The molecule has 1 rings (SSSR count). The van der Waals surface area contributed by atoms with Crippen molar-refractivity contribution in [2.45, 2.75) is 40.2 Å². The summed E-state index contributed by atoms with van der Waals surface area (Å²) in [6.45, 7) is 10.3. The summed E-state index contributed by atoms with van der Waals surface area (Å²) in [4.78, 5) is 22.4. The van der Waals surface area contributed by atoms with Crippen LogP contribution in [0.25, 0.3) is 0 Å². The van der Waals surface area contributed by atoms with Gasteiger partial charge in [0.05, 0.1) is 4.92 Å². The highest BCUT2D eigenvalue weighted by molar-refractivity contribution is 6.31. The number of amides is 1. The highest BCUT2D eigenvalue weighted by Crippen LogP contribution is 2.28. The number of nitrogens with one attached hydrogen (secondary N) is 2. The van der Waals surface area contributed by atoms with Crippen LogP contribution in [0.2, 0.25) is 5.02 Å². The lowest BCUT2D eigenvalue weighted by Crippen LogP contribution is -2.38. The van der Waals surface area contributed by atoms with Crippen LogP contribution in [0, 0.1) is 22.0 Å². The van der Waals surface area contributed by atoms with E-state index in [-0.39, 0.29) is 17.5 Å². The van der Waals surface area contributed by atoms with Crippen LogP contribution in [0.5, 0.6) is 0 Å². The second-order valence-electron chi connectivity index (χ2n) is 7.19. The number of hydrogen-bond donors (Lipinski definition) is 2. The van der Waals surface area contributed by atoms with Gasteiger partial charge < -0.3 is 15.4 Å². The Hall–Kier alpha value is -2.02. The van der Waals surface area contributed by atoms with Gasteiger partial charge in [0.2, 0.25) is 0 Å². The quantitative estimate of drug-likeness (QED) is 0.545. The standard InChI is InChI=1S/C17H26ClN3O4/c1-11(2)12(10-20-16(22)25-17(3,4)5)9-19-14-8-13(18)6-7-15(14)21(23)24/h6-8,11-12,19H,9-10H2,1-5H3,(H,20,22). The molecule has 0 aliphatic heterocycles. The van der Waals surface area contributed by atoms with Gasteiger partial charge in [0.25, 0.3) is 5.69 Å². The molecule has 0 fully saturated rings. The monoisotopic (exact) mass is 371 g/mol. The van der Waals surface area contributed by atoms with Gasteiger partial charge in [-0.15, -0.1) is 0 Å². The second-order valence-corrected chi connectivity index (χ2v) is 7.62. The maximum absolute atomic E-state index is 11.8. The fourth-order valence-electron chi connectivity index (χ4n) is 2.12. The minimum Gasteiger partial charge on any atom is -0.444 e. The number of carbonyl (C=O) groups excluding carboxylic acids is 1. The number of carbonyl (C=O) groups is 1. The van der Waals surface area contributed by atoms with Crippen LogP contribution in [-0.2, 0) is 4.74 Å². The van der Waals surface area contributed by atoms with E-state index in [9.17, 15) is 14.9 Å². The van der Waals surface area contributed by atoms with E-state index in [1.807, 2.05) is 13.8 Å². The lowest BCUT2D eigenvalue weighted by Gasteiger charge is -2.24. The molecule has 140 valence electrons. The van der Waals surface area contributed by atoms with Gasteiger partial charge >= 0.3 is 6.09 Å². The molecule has 25 heavy (non-hydrogen) atoms. The van der Waals surface area contributed by atoms with Gasteiger partial charge in [0.1, 0.15) is 11.3 Å². The van der Waals surface area contributed by atoms with Crippen molar-refractivity contribution in [3.63, 3.8) is 0 Å². The van der Waals surface area contributed by atoms with Gasteiger partial charge in [-0.3, -0.25) is 10.1 Å². The Kier molecular flexibility index (Phi) is 7.48. The van der Waals surface area contributed by atoms with E-state index < -0.39 is 16.6 Å². The first kappa shape index (κ1) is 21.0. The molecule has 1 amide bonds. The SMILES string of the molecule is CC(C)C(CNC(=O)OC(C)(C)C)CNc1cc(Cl)ccc1[N+](=O)[O-]. The Morgan fingerprint density at radius 3 is 2.48 bits per heavy atom. The molecular weight excluding hydrogens is 346 g/mol. The largest absolute Gasteiger partial charge is 0.444 e. The lowest BCUT2D eigenvalue weighted by atomic mass is 9.95. The summed E-state index contributed by atoms with van der Waals surface area (Å²) in [6, 6.07) is 4.38. The Bertz CT molecular complexity index is 614. The van der Waals surface area contributed by atoms with Crippen molar-refractivity contribution < 1.29 is 14.5 Å². The normalized spacial score (nSPS) is 12.6. The average molecular weight is 372 g/mol. The second kappa shape index (κ2) is 8.89. The molecule has 2 N–H and O–H groups in total. The van der Waals surface area contributed by atoms with Crippen LogP contribution in [0.3, 0.4) is 0 Å². The molecule has 1 aromatic carbocycles. The van der Waals surface area contributed by atoms with E-state index in [1.165, 1.54) is 18.2 Å². The molecule has 0 saturated carbocycles. The molecule has 0 radical (unpaired) electrons. The summed E-state index contributed by atoms with van der Waals surface area (Å²) in [7, 11) is 0. The zero-order valence-electron chi connectivity index (χ0n) is 15.3. The number of anilines is 1. The summed E-state index contributed by atoms with van der Waals surface area (Å²) < 4.78 is 5.22. The zero-order chi connectivity index (χ0) is 19.2. The van der Waals surface area contributed by atoms with Crippen molar-refractivity contribution >= 4 is 29.1 Å². The van der Waals surface area contributed by atoms with Crippen LogP contribution in [0.1, 0.15) is 34.6 Å². The Morgan fingerprint density at radius 1 is 1.32 bits per heavy atom. The third-order valence-electron chi connectivity index (χ3n) is 3.56. The zero-order valence-corrected chi connectivity index (χ0v) is 16.0. The minimum absolute atomic E-state index is 0.0352. The molecule has 0 bridgehead atoms. The number of halogens is 1. The Morgan fingerprint density at radius 2 is 1.96 bits per heavy atom. The maximum atomic E-state index is 11.8. The third-order valence-corrected chi connectivity index (χ3v) is 3.80. The van der Waals surface area contributed by atoms with E-state index in [1.54, 1.807) is 20.8 Å². The molecule has 7 nitrogen and oxygen atoms in total. The first-order chi connectivity index (χ1) is 11.5. The van der Waals surface area contributed by atoms with Crippen LogP contribution >= 0.6 is 11.6 Å². The van der Waals surface area contributed by atoms with E-state index >= 15 is 0 Å². The summed E-state index contributed by atoms with van der Waals surface area (Å²) >= 11 is 5.93. The number of rotatable bonds is 7. The fourth-order valence-corrected chi connectivity index (χ4v) is 2.29. The van der Waals surface area contributed by atoms with Gasteiger partial charge in [0.15, 0.2) is 0 Å². The van der Waals surface area contributed by atoms with Gasteiger partial charge in [0, 0.05) is 24.2 Å². The number of hydrogen-bond acceptors (Lipinski definition) is 5. The molecule has 8 heteroatoms. The van der Waals surface area contributed by atoms with E-state index in [2.05, 4.69) is 10.6 Å². The predicted molar refractivity (Wildman–Crippen MR) is 99.2 cm³/mol. The van der Waals surface area contributed by atoms with E-state index in [0.29, 0.717) is 23.8 Å². The molecule has 1 aromatic rings. The van der Waals surface area contributed by atoms with E-state index in [4.69, 9.17) is 16.3 Å². The van der Waals surface area contributed by atoms with E-state index in [0.717, 1.165) is 0 Å².